The maximum atomic E-state index is 13.1. The van der Waals surface area contributed by atoms with E-state index < -0.39 is 12.0 Å². The standard InChI is InChI=1S/C23H27N3O4/c1-30-19-11-17(24)21-18(26-19)12-25-22(23(21)29)16-8-6-15(7-9-16)14-4-2-13(3-5-14)10-20(27)28/h6-9,11,13-14,22,25H,2-5,10,12H2,1H3,(H2,24,26)(H,27,28). The molecule has 1 aromatic heterocycles. The van der Waals surface area contributed by atoms with E-state index in [9.17, 15) is 9.59 Å². The number of nitrogen functional groups attached to an aromatic ring is 1. The van der Waals surface area contributed by atoms with Crippen LogP contribution >= 0.6 is 0 Å². The zero-order chi connectivity index (χ0) is 21.3. The maximum Gasteiger partial charge on any atom is 0.303 e. The smallest absolute Gasteiger partial charge is 0.303 e. The van der Waals surface area contributed by atoms with Crippen molar-refractivity contribution in [2.24, 2.45) is 5.92 Å². The first kappa shape index (κ1) is 20.3. The van der Waals surface area contributed by atoms with Gasteiger partial charge in [0, 0.05) is 24.7 Å². The Hall–Kier alpha value is -2.93. The Labute approximate surface area is 175 Å². The highest BCUT2D eigenvalue weighted by Gasteiger charge is 2.32. The number of carboxylic acids is 1. The van der Waals surface area contributed by atoms with Gasteiger partial charge >= 0.3 is 5.97 Å². The molecule has 2 aliphatic rings. The van der Waals surface area contributed by atoms with Crippen LogP contribution in [0, 0.1) is 5.92 Å². The van der Waals surface area contributed by atoms with Gasteiger partial charge in [0.25, 0.3) is 0 Å². The lowest BCUT2D eigenvalue weighted by Gasteiger charge is -2.29. The number of methoxy groups -OCH3 is 1. The number of anilines is 1. The van der Waals surface area contributed by atoms with Gasteiger partial charge in [0.05, 0.1) is 24.4 Å². The van der Waals surface area contributed by atoms with Crippen molar-refractivity contribution in [3.8, 4) is 5.88 Å². The summed E-state index contributed by atoms with van der Waals surface area (Å²) in [5.41, 5.74) is 9.74. The Morgan fingerprint density at radius 3 is 2.50 bits per heavy atom. The molecule has 1 atom stereocenters. The minimum Gasteiger partial charge on any atom is -0.481 e. The van der Waals surface area contributed by atoms with Gasteiger partial charge in [-0.25, -0.2) is 4.98 Å². The second-order valence-electron chi connectivity index (χ2n) is 8.24. The van der Waals surface area contributed by atoms with Crippen molar-refractivity contribution in [3.63, 3.8) is 0 Å². The molecule has 30 heavy (non-hydrogen) atoms. The average Bonchev–Trinajstić information content (AvgIpc) is 2.74. The fraction of sp³-hybridized carbons (Fsp3) is 0.435. The highest BCUT2D eigenvalue weighted by Crippen LogP contribution is 2.38. The molecular formula is C23H27N3O4. The Kier molecular flexibility index (Phi) is 5.72. The van der Waals surface area contributed by atoms with Crippen LogP contribution in [0.4, 0.5) is 5.69 Å². The summed E-state index contributed by atoms with van der Waals surface area (Å²) < 4.78 is 5.14. The number of carbonyl (C=O) groups is 2. The molecule has 0 spiro atoms. The number of nitrogens with two attached hydrogens (primary N) is 1. The van der Waals surface area contributed by atoms with Crippen LogP contribution in [0.1, 0.15) is 71.2 Å². The van der Waals surface area contributed by atoms with Gasteiger partial charge in [0.2, 0.25) is 5.88 Å². The number of carbonyl (C=O) groups excluding carboxylic acids is 1. The summed E-state index contributed by atoms with van der Waals surface area (Å²) in [4.78, 5) is 28.3. The number of rotatable bonds is 5. The molecule has 1 aromatic carbocycles. The number of fused-ring (bicyclic) bond motifs is 1. The Morgan fingerprint density at radius 1 is 1.20 bits per heavy atom. The van der Waals surface area contributed by atoms with Crippen LogP contribution in [0.2, 0.25) is 0 Å². The van der Waals surface area contributed by atoms with E-state index in [0.29, 0.717) is 41.2 Å². The van der Waals surface area contributed by atoms with Crippen molar-refractivity contribution in [2.75, 3.05) is 12.8 Å². The summed E-state index contributed by atoms with van der Waals surface area (Å²) in [6.07, 6.45) is 4.19. The average molecular weight is 409 g/mol. The van der Waals surface area contributed by atoms with Crippen molar-refractivity contribution in [3.05, 3.63) is 52.7 Å². The van der Waals surface area contributed by atoms with E-state index >= 15 is 0 Å². The first-order valence-corrected chi connectivity index (χ1v) is 10.4. The predicted octanol–water partition coefficient (Wildman–Crippen LogP) is 3.45. The van der Waals surface area contributed by atoms with Crippen LogP contribution in [-0.4, -0.2) is 29.0 Å². The molecule has 0 saturated heterocycles. The van der Waals surface area contributed by atoms with E-state index in [0.717, 1.165) is 31.2 Å². The van der Waals surface area contributed by atoms with Gasteiger partial charge in [-0.3, -0.25) is 14.9 Å². The SMILES string of the molecule is COc1cc(N)c2c(n1)CNC(c1ccc(C3CCC(CC(=O)O)CC3)cc1)C2=O. The van der Waals surface area contributed by atoms with Crippen molar-refractivity contribution in [1.82, 2.24) is 10.3 Å². The fourth-order valence-electron chi connectivity index (χ4n) is 4.72. The van der Waals surface area contributed by atoms with Gasteiger partial charge in [0.1, 0.15) is 0 Å². The van der Waals surface area contributed by atoms with E-state index in [1.807, 2.05) is 12.1 Å². The van der Waals surface area contributed by atoms with E-state index in [4.69, 9.17) is 15.6 Å². The Morgan fingerprint density at radius 2 is 1.87 bits per heavy atom. The van der Waals surface area contributed by atoms with Crippen LogP contribution in [0.25, 0.3) is 0 Å². The number of nitrogens with zero attached hydrogens (tertiary/aromatic N) is 1. The number of carboxylic acid groups (broad SMARTS) is 1. The molecule has 1 aliphatic carbocycles. The summed E-state index contributed by atoms with van der Waals surface area (Å²) in [6.45, 7) is 0.447. The summed E-state index contributed by atoms with van der Waals surface area (Å²) in [5, 5.41) is 12.2. The largest absolute Gasteiger partial charge is 0.481 e. The molecule has 1 unspecified atom stereocenters. The first-order valence-electron chi connectivity index (χ1n) is 10.4. The summed E-state index contributed by atoms with van der Waals surface area (Å²) in [6, 6.07) is 9.34. The molecule has 2 aromatic rings. The van der Waals surface area contributed by atoms with Gasteiger partial charge in [-0.2, -0.15) is 0 Å². The number of aromatic nitrogens is 1. The lowest BCUT2D eigenvalue weighted by atomic mass is 9.77. The number of hydrogen-bond donors (Lipinski definition) is 3. The van der Waals surface area contributed by atoms with Crippen LogP contribution in [0.5, 0.6) is 5.88 Å². The molecule has 7 heteroatoms. The maximum absolute atomic E-state index is 13.1. The van der Waals surface area contributed by atoms with Crippen molar-refractivity contribution in [1.29, 1.82) is 0 Å². The van der Waals surface area contributed by atoms with E-state index in [2.05, 4.69) is 22.4 Å². The molecule has 0 amide bonds. The van der Waals surface area contributed by atoms with Gasteiger partial charge in [-0.15, -0.1) is 0 Å². The molecule has 0 radical (unpaired) electrons. The summed E-state index contributed by atoms with van der Waals surface area (Å²) in [7, 11) is 1.52. The summed E-state index contributed by atoms with van der Waals surface area (Å²) in [5.74, 6) is 0.364. The third-order valence-electron chi connectivity index (χ3n) is 6.34. The second-order valence-corrected chi connectivity index (χ2v) is 8.24. The number of aliphatic carboxylic acids is 1. The highest BCUT2D eigenvalue weighted by atomic mass is 16.5. The third kappa shape index (κ3) is 4.03. The number of ketones is 1. The third-order valence-corrected chi connectivity index (χ3v) is 6.34. The molecule has 7 nitrogen and oxygen atoms in total. The molecule has 0 bridgehead atoms. The number of benzene rings is 1. The fourth-order valence-corrected chi connectivity index (χ4v) is 4.72. The number of Topliss-reactive ketones (excluding diaryl/α,β-unsaturated/α-hetero) is 1. The molecule has 2 heterocycles. The number of nitrogens with one attached hydrogen (secondary N) is 1. The first-order chi connectivity index (χ1) is 14.5. The lowest BCUT2D eigenvalue weighted by Crippen LogP contribution is -2.35. The van der Waals surface area contributed by atoms with Crippen molar-refractivity contribution in [2.45, 2.75) is 50.6 Å². The molecular weight excluding hydrogens is 382 g/mol. The molecule has 1 fully saturated rings. The lowest BCUT2D eigenvalue weighted by molar-refractivity contribution is -0.138. The van der Waals surface area contributed by atoms with Gasteiger partial charge < -0.3 is 15.6 Å². The van der Waals surface area contributed by atoms with Gasteiger partial charge in [-0.05, 0) is 48.6 Å². The van der Waals surface area contributed by atoms with E-state index in [-0.39, 0.29) is 12.2 Å². The predicted molar refractivity (Wildman–Crippen MR) is 113 cm³/mol. The summed E-state index contributed by atoms with van der Waals surface area (Å²) >= 11 is 0. The normalized spacial score (nSPS) is 23.6. The van der Waals surface area contributed by atoms with Gasteiger partial charge in [-0.1, -0.05) is 24.3 Å². The van der Waals surface area contributed by atoms with Gasteiger partial charge in [0.15, 0.2) is 5.78 Å². The highest BCUT2D eigenvalue weighted by molar-refractivity contribution is 6.06. The van der Waals surface area contributed by atoms with E-state index in [1.54, 1.807) is 6.07 Å². The van der Waals surface area contributed by atoms with Crippen molar-refractivity contribution < 1.29 is 19.4 Å². The molecule has 4 N–H and O–H groups in total. The van der Waals surface area contributed by atoms with E-state index in [1.165, 1.54) is 12.7 Å². The topological polar surface area (TPSA) is 115 Å². The minimum absolute atomic E-state index is 0.0779. The number of hydrogen-bond acceptors (Lipinski definition) is 6. The monoisotopic (exact) mass is 409 g/mol. The molecule has 1 aliphatic heterocycles. The minimum atomic E-state index is -0.705. The van der Waals surface area contributed by atoms with Crippen LogP contribution in [0.3, 0.4) is 0 Å². The Balaban J connectivity index is 1.46. The van der Waals surface area contributed by atoms with Crippen molar-refractivity contribution >= 4 is 17.4 Å². The van der Waals surface area contributed by atoms with Crippen LogP contribution in [-0.2, 0) is 11.3 Å². The number of pyridine rings is 1. The zero-order valence-electron chi connectivity index (χ0n) is 17.1. The molecule has 1 saturated carbocycles. The quantitative estimate of drug-likeness (QED) is 0.693. The zero-order valence-corrected chi connectivity index (χ0v) is 17.1. The van der Waals surface area contributed by atoms with Crippen LogP contribution < -0.4 is 15.8 Å². The Bertz CT molecular complexity index is 950. The van der Waals surface area contributed by atoms with Crippen LogP contribution in [0.15, 0.2) is 30.3 Å². The molecule has 158 valence electrons. The second kappa shape index (κ2) is 8.44. The molecule has 4 rings (SSSR count). The number of ether oxygens (including phenoxy) is 1.